The number of benzene rings is 3. The standard InChI is InChI=1S/C22H13Cl2NS/c1-15-2-4-16(5-3-15)6-7-17-8-10-18(11-9-17)19-12-20(23)22(25-14-26)21(24)13-19/h2-5,8-13H,1H3. The van der Waals surface area contributed by atoms with E-state index in [9.17, 15) is 0 Å². The van der Waals surface area contributed by atoms with E-state index in [1.165, 1.54) is 5.56 Å². The SMILES string of the molecule is Cc1ccc(C#Cc2ccc(-c3cc(Cl)c(N=C=S)c(Cl)c3)cc2)cc1. The van der Waals surface area contributed by atoms with Crippen LogP contribution in [-0.4, -0.2) is 5.16 Å². The number of thiocarbonyl (C=S) groups is 1. The Labute approximate surface area is 168 Å². The van der Waals surface area contributed by atoms with Crippen LogP contribution in [-0.2, 0) is 0 Å². The van der Waals surface area contributed by atoms with Crippen molar-refractivity contribution in [2.75, 3.05) is 0 Å². The van der Waals surface area contributed by atoms with Crippen molar-refractivity contribution < 1.29 is 0 Å². The third-order valence-corrected chi connectivity index (χ3v) is 4.46. The molecular weight excluding hydrogens is 381 g/mol. The van der Waals surface area contributed by atoms with Gasteiger partial charge in [-0.2, -0.15) is 4.99 Å². The average molecular weight is 394 g/mol. The van der Waals surface area contributed by atoms with Gasteiger partial charge in [-0.15, -0.1) is 0 Å². The van der Waals surface area contributed by atoms with Crippen LogP contribution in [0.3, 0.4) is 0 Å². The van der Waals surface area contributed by atoms with Crippen molar-refractivity contribution in [1.82, 2.24) is 0 Å². The third kappa shape index (κ3) is 4.41. The summed E-state index contributed by atoms with van der Waals surface area (Å²) in [5.74, 6) is 6.34. The van der Waals surface area contributed by atoms with Gasteiger partial charge in [0.2, 0.25) is 0 Å². The molecule has 0 saturated carbocycles. The van der Waals surface area contributed by atoms with Crippen LogP contribution < -0.4 is 0 Å². The van der Waals surface area contributed by atoms with E-state index in [2.05, 4.69) is 53.3 Å². The van der Waals surface area contributed by atoms with Gasteiger partial charge in [0.05, 0.1) is 15.2 Å². The monoisotopic (exact) mass is 393 g/mol. The largest absolute Gasteiger partial charge is 0.192 e. The number of hydrogen-bond acceptors (Lipinski definition) is 2. The molecule has 1 nitrogen and oxygen atoms in total. The number of hydrogen-bond donors (Lipinski definition) is 0. The molecule has 0 aliphatic heterocycles. The first-order valence-electron chi connectivity index (χ1n) is 7.83. The highest BCUT2D eigenvalue weighted by Gasteiger charge is 2.08. The van der Waals surface area contributed by atoms with Crippen LogP contribution in [0.5, 0.6) is 0 Å². The van der Waals surface area contributed by atoms with Gasteiger partial charge in [0, 0.05) is 11.1 Å². The second kappa shape index (κ2) is 8.32. The van der Waals surface area contributed by atoms with E-state index >= 15 is 0 Å². The fraction of sp³-hybridized carbons (Fsp3) is 0.0455. The summed E-state index contributed by atoms with van der Waals surface area (Å²) in [4.78, 5) is 3.90. The topological polar surface area (TPSA) is 12.4 Å². The molecule has 3 aromatic rings. The molecule has 3 rings (SSSR count). The van der Waals surface area contributed by atoms with E-state index < -0.39 is 0 Å². The lowest BCUT2D eigenvalue weighted by Crippen LogP contribution is -1.82. The minimum absolute atomic E-state index is 0.438. The predicted molar refractivity (Wildman–Crippen MR) is 114 cm³/mol. The molecule has 0 bridgehead atoms. The van der Waals surface area contributed by atoms with Gasteiger partial charge in [0.25, 0.3) is 0 Å². The fourth-order valence-corrected chi connectivity index (χ4v) is 3.07. The lowest BCUT2D eigenvalue weighted by Gasteiger charge is -2.06. The lowest BCUT2D eigenvalue weighted by molar-refractivity contribution is 1.46. The van der Waals surface area contributed by atoms with E-state index in [-0.39, 0.29) is 0 Å². The van der Waals surface area contributed by atoms with Gasteiger partial charge in [-0.25, -0.2) is 0 Å². The molecule has 4 heteroatoms. The molecule has 0 fully saturated rings. The zero-order chi connectivity index (χ0) is 18.5. The van der Waals surface area contributed by atoms with Crippen molar-refractivity contribution in [3.8, 4) is 23.0 Å². The van der Waals surface area contributed by atoms with Crippen LogP contribution >= 0.6 is 35.4 Å². The summed E-state index contributed by atoms with van der Waals surface area (Å²) < 4.78 is 0. The van der Waals surface area contributed by atoms with Gasteiger partial charge in [-0.1, -0.05) is 64.9 Å². The maximum absolute atomic E-state index is 6.24. The van der Waals surface area contributed by atoms with E-state index in [1.54, 1.807) is 0 Å². The number of nitrogens with zero attached hydrogens (tertiary/aromatic N) is 1. The van der Waals surface area contributed by atoms with Gasteiger partial charge in [-0.3, -0.25) is 0 Å². The van der Waals surface area contributed by atoms with Crippen LogP contribution in [0.4, 0.5) is 5.69 Å². The summed E-state index contributed by atoms with van der Waals surface area (Å²) >= 11 is 17.1. The van der Waals surface area contributed by atoms with Gasteiger partial charge < -0.3 is 0 Å². The average Bonchev–Trinajstić information content (AvgIpc) is 2.64. The summed E-state index contributed by atoms with van der Waals surface area (Å²) in [5, 5.41) is 3.16. The van der Waals surface area contributed by atoms with Crippen LogP contribution in [0.1, 0.15) is 16.7 Å². The van der Waals surface area contributed by atoms with Crippen LogP contribution in [0.25, 0.3) is 11.1 Å². The Kier molecular flexibility index (Phi) is 5.89. The molecule has 3 aromatic carbocycles. The predicted octanol–water partition coefficient (Wildman–Crippen LogP) is 7.10. The molecule has 0 saturated heterocycles. The molecule has 26 heavy (non-hydrogen) atoms. The van der Waals surface area contributed by atoms with Gasteiger partial charge in [0.15, 0.2) is 0 Å². The van der Waals surface area contributed by atoms with Crippen molar-refractivity contribution in [1.29, 1.82) is 0 Å². The summed E-state index contributed by atoms with van der Waals surface area (Å²) in [6.45, 7) is 2.06. The summed E-state index contributed by atoms with van der Waals surface area (Å²) in [5.41, 5.74) is 5.49. The Bertz CT molecular complexity index is 1030. The second-order valence-corrected chi connectivity index (χ2v) is 6.68. The molecule has 0 atom stereocenters. The van der Waals surface area contributed by atoms with E-state index in [0.717, 1.165) is 22.3 Å². The van der Waals surface area contributed by atoms with E-state index in [0.29, 0.717) is 15.7 Å². The molecular formula is C22H13Cl2NS. The highest BCUT2D eigenvalue weighted by Crippen LogP contribution is 2.37. The Hall–Kier alpha value is -2.40. The fourth-order valence-electron chi connectivity index (χ4n) is 2.41. The molecule has 0 aliphatic rings. The normalized spacial score (nSPS) is 9.81. The number of halogens is 2. The van der Waals surface area contributed by atoms with Crippen molar-refractivity contribution in [3.63, 3.8) is 0 Å². The maximum atomic E-state index is 6.24. The summed E-state index contributed by atoms with van der Waals surface area (Å²) in [7, 11) is 0. The number of rotatable bonds is 2. The highest BCUT2D eigenvalue weighted by molar-refractivity contribution is 7.78. The van der Waals surface area contributed by atoms with E-state index in [4.69, 9.17) is 23.2 Å². The smallest absolute Gasteiger partial charge is 0.111 e. The minimum atomic E-state index is 0.438. The zero-order valence-electron chi connectivity index (χ0n) is 13.9. The maximum Gasteiger partial charge on any atom is 0.111 e. The Morgan fingerprint density at radius 2 is 1.27 bits per heavy atom. The van der Waals surface area contributed by atoms with Gasteiger partial charge in [0.1, 0.15) is 5.69 Å². The quantitative estimate of drug-likeness (QED) is 0.256. The van der Waals surface area contributed by atoms with E-state index in [1.807, 2.05) is 48.5 Å². The molecule has 126 valence electrons. The summed E-state index contributed by atoms with van der Waals surface area (Å²) in [6, 6.07) is 19.7. The van der Waals surface area contributed by atoms with Crippen LogP contribution in [0.2, 0.25) is 10.0 Å². The Morgan fingerprint density at radius 3 is 1.77 bits per heavy atom. The van der Waals surface area contributed by atoms with Crippen LogP contribution in [0, 0.1) is 18.8 Å². The minimum Gasteiger partial charge on any atom is -0.192 e. The van der Waals surface area contributed by atoms with Crippen molar-refractivity contribution in [2.24, 2.45) is 4.99 Å². The molecule has 0 aromatic heterocycles. The van der Waals surface area contributed by atoms with Crippen molar-refractivity contribution >= 4 is 46.3 Å². The third-order valence-electron chi connectivity index (χ3n) is 3.80. The zero-order valence-corrected chi connectivity index (χ0v) is 16.2. The molecule has 0 unspecified atom stereocenters. The number of aryl methyl sites for hydroxylation is 1. The molecule has 0 radical (unpaired) electrons. The first kappa shape index (κ1) is 18.4. The van der Waals surface area contributed by atoms with Crippen molar-refractivity contribution in [3.05, 3.63) is 87.4 Å². The molecule has 0 N–H and O–H groups in total. The lowest BCUT2D eigenvalue weighted by atomic mass is 10.0. The Morgan fingerprint density at radius 1 is 0.769 bits per heavy atom. The first-order chi connectivity index (χ1) is 12.6. The second-order valence-electron chi connectivity index (χ2n) is 5.68. The van der Waals surface area contributed by atoms with Crippen LogP contribution in [0.15, 0.2) is 65.7 Å². The molecule has 0 aliphatic carbocycles. The van der Waals surface area contributed by atoms with Crippen molar-refractivity contribution in [2.45, 2.75) is 6.92 Å². The molecule has 0 spiro atoms. The number of aliphatic imine (C=N–C) groups is 1. The molecule has 0 amide bonds. The summed E-state index contributed by atoms with van der Waals surface area (Å²) in [6.07, 6.45) is 0. The highest BCUT2D eigenvalue weighted by atomic mass is 35.5. The molecule has 0 heterocycles. The van der Waals surface area contributed by atoms with Gasteiger partial charge >= 0.3 is 0 Å². The van der Waals surface area contributed by atoms with Gasteiger partial charge in [-0.05, 0) is 66.7 Å². The first-order valence-corrected chi connectivity index (χ1v) is 8.99. The number of isothiocyanates is 1. The Balaban J connectivity index is 1.86.